The number of carbonyl (C=O) groups is 1. The van der Waals surface area contributed by atoms with Gasteiger partial charge in [0, 0.05) is 24.7 Å². The summed E-state index contributed by atoms with van der Waals surface area (Å²) in [7, 11) is 0. The van der Waals surface area contributed by atoms with Crippen molar-refractivity contribution in [1.29, 1.82) is 0 Å². The van der Waals surface area contributed by atoms with Crippen LogP contribution < -0.4 is 5.32 Å². The number of piperidine rings is 1. The van der Waals surface area contributed by atoms with E-state index < -0.39 is 0 Å². The lowest BCUT2D eigenvalue weighted by molar-refractivity contribution is 0.0941. The van der Waals surface area contributed by atoms with Gasteiger partial charge in [-0.3, -0.25) is 4.79 Å². The summed E-state index contributed by atoms with van der Waals surface area (Å²) in [5.74, 6) is -0.138. The van der Waals surface area contributed by atoms with Gasteiger partial charge in [0.15, 0.2) is 0 Å². The van der Waals surface area contributed by atoms with Crippen molar-refractivity contribution < 1.29 is 4.79 Å². The van der Waals surface area contributed by atoms with Crippen molar-refractivity contribution >= 4 is 17.5 Å². The van der Waals surface area contributed by atoms with Crippen LogP contribution in [0.5, 0.6) is 0 Å². The third-order valence-corrected chi connectivity index (χ3v) is 6.26. The van der Waals surface area contributed by atoms with Gasteiger partial charge in [-0.05, 0) is 50.9 Å². The lowest BCUT2D eigenvalue weighted by atomic mass is 10.0. The molecule has 1 aliphatic heterocycles. The van der Waals surface area contributed by atoms with Crippen LogP contribution in [0.3, 0.4) is 0 Å². The third kappa shape index (κ3) is 5.17. The van der Waals surface area contributed by atoms with Gasteiger partial charge in [-0.25, -0.2) is 4.68 Å². The topological polar surface area (TPSA) is 50.2 Å². The average Bonchev–Trinajstić information content (AvgIpc) is 3.24. The van der Waals surface area contributed by atoms with Gasteiger partial charge < -0.3 is 10.2 Å². The number of aromatic nitrogens is 2. The highest BCUT2D eigenvalue weighted by molar-refractivity contribution is 6.32. The first-order valence-electron chi connectivity index (χ1n) is 11.1. The Morgan fingerprint density at radius 2 is 1.90 bits per heavy atom. The number of para-hydroxylation sites is 1. The lowest BCUT2D eigenvalue weighted by Crippen LogP contribution is -2.39. The van der Waals surface area contributed by atoms with Crippen LogP contribution in [0.4, 0.5) is 0 Å². The maximum Gasteiger partial charge on any atom is 0.270 e. The average molecular weight is 437 g/mol. The van der Waals surface area contributed by atoms with Gasteiger partial charge >= 0.3 is 0 Å². The van der Waals surface area contributed by atoms with E-state index in [-0.39, 0.29) is 5.91 Å². The number of nitrogens with one attached hydrogen (secondary N) is 1. The Labute approximate surface area is 189 Å². The molecule has 0 aliphatic carbocycles. The number of nitrogens with zero attached hydrogens (tertiary/aromatic N) is 3. The fraction of sp³-hybridized carbons (Fsp3) is 0.360. The minimum Gasteiger partial charge on any atom is -0.351 e. The highest BCUT2D eigenvalue weighted by atomic mass is 35.5. The molecule has 4 rings (SSSR count). The molecule has 1 aromatic heterocycles. The van der Waals surface area contributed by atoms with Gasteiger partial charge in [-0.2, -0.15) is 5.10 Å². The first kappa shape index (κ1) is 21.6. The number of likely N-dealkylation sites (tertiary alicyclic amines) is 1. The Kier molecular flexibility index (Phi) is 7.05. The smallest absolute Gasteiger partial charge is 0.270 e. The Morgan fingerprint density at radius 1 is 1.13 bits per heavy atom. The molecular formula is C25H29ClN4O. The standard InChI is InChI=1S/C25H29ClN4O/c1-19-10-7-8-16-29(19)17-9-15-27-25(31)24-18-22(20-11-3-2-4-12-20)28-30(24)23-14-6-5-13-21(23)26/h2-6,11-14,18-19H,7-10,15-17H2,1H3,(H,27,31). The monoisotopic (exact) mass is 436 g/mol. The molecule has 1 atom stereocenters. The molecule has 1 N–H and O–H groups in total. The summed E-state index contributed by atoms with van der Waals surface area (Å²) in [5, 5.41) is 8.34. The van der Waals surface area contributed by atoms with E-state index in [1.165, 1.54) is 19.3 Å². The van der Waals surface area contributed by atoms with Crippen molar-refractivity contribution in [3.05, 3.63) is 71.4 Å². The highest BCUT2D eigenvalue weighted by Crippen LogP contribution is 2.25. The fourth-order valence-electron chi connectivity index (χ4n) is 4.16. The Morgan fingerprint density at radius 3 is 2.68 bits per heavy atom. The molecule has 2 heterocycles. The number of halogens is 1. The van der Waals surface area contributed by atoms with E-state index in [2.05, 4.69) is 17.1 Å². The van der Waals surface area contributed by atoms with Crippen molar-refractivity contribution in [2.75, 3.05) is 19.6 Å². The van der Waals surface area contributed by atoms with Crippen molar-refractivity contribution in [1.82, 2.24) is 20.0 Å². The number of hydrogen-bond acceptors (Lipinski definition) is 3. The van der Waals surface area contributed by atoms with E-state index in [9.17, 15) is 4.79 Å². The van der Waals surface area contributed by atoms with Crippen LogP contribution in [0.2, 0.25) is 5.02 Å². The molecular weight excluding hydrogens is 408 g/mol. The summed E-state index contributed by atoms with van der Waals surface area (Å²) in [6, 6.07) is 19.8. The van der Waals surface area contributed by atoms with Gasteiger partial charge in [-0.15, -0.1) is 0 Å². The van der Waals surface area contributed by atoms with Gasteiger partial charge in [0.2, 0.25) is 0 Å². The molecule has 0 bridgehead atoms. The number of rotatable bonds is 7. The minimum atomic E-state index is -0.138. The molecule has 0 spiro atoms. The van der Waals surface area contributed by atoms with E-state index in [4.69, 9.17) is 16.7 Å². The van der Waals surface area contributed by atoms with E-state index in [1.54, 1.807) is 4.68 Å². The summed E-state index contributed by atoms with van der Waals surface area (Å²) in [6.45, 7) is 5.11. The maximum absolute atomic E-state index is 13.1. The van der Waals surface area contributed by atoms with E-state index in [1.807, 2.05) is 60.7 Å². The normalized spacial score (nSPS) is 16.9. The van der Waals surface area contributed by atoms with Gasteiger partial charge in [0.1, 0.15) is 5.69 Å². The van der Waals surface area contributed by atoms with Gasteiger partial charge in [-0.1, -0.05) is 60.5 Å². The zero-order valence-corrected chi connectivity index (χ0v) is 18.7. The third-order valence-electron chi connectivity index (χ3n) is 5.94. The predicted molar refractivity (Wildman–Crippen MR) is 126 cm³/mol. The number of amides is 1. The van der Waals surface area contributed by atoms with Gasteiger partial charge in [0.25, 0.3) is 5.91 Å². The molecule has 1 fully saturated rings. The van der Waals surface area contributed by atoms with Gasteiger partial charge in [0.05, 0.1) is 16.4 Å². The summed E-state index contributed by atoms with van der Waals surface area (Å²) < 4.78 is 1.65. The zero-order chi connectivity index (χ0) is 21.6. The van der Waals surface area contributed by atoms with Crippen LogP contribution >= 0.6 is 11.6 Å². The molecule has 1 amide bonds. The molecule has 6 heteroatoms. The predicted octanol–water partition coefficient (Wildman–Crippen LogP) is 5.19. The molecule has 0 saturated carbocycles. The van der Waals surface area contributed by atoms with Crippen molar-refractivity contribution in [3.63, 3.8) is 0 Å². The largest absolute Gasteiger partial charge is 0.351 e. The molecule has 1 saturated heterocycles. The summed E-state index contributed by atoms with van der Waals surface area (Å²) in [4.78, 5) is 15.6. The first-order chi connectivity index (χ1) is 15.1. The van der Waals surface area contributed by atoms with Crippen molar-refractivity contribution in [2.24, 2.45) is 0 Å². The summed E-state index contributed by atoms with van der Waals surface area (Å²) in [5.41, 5.74) is 2.88. The molecule has 1 unspecified atom stereocenters. The molecule has 2 aromatic carbocycles. The van der Waals surface area contributed by atoms with Crippen LogP contribution in [0.1, 0.15) is 43.1 Å². The lowest BCUT2D eigenvalue weighted by Gasteiger charge is -2.33. The van der Waals surface area contributed by atoms with Crippen molar-refractivity contribution in [3.8, 4) is 16.9 Å². The SMILES string of the molecule is CC1CCCCN1CCCNC(=O)c1cc(-c2ccccc2)nn1-c1ccccc1Cl. The van der Waals surface area contributed by atoms with Crippen LogP contribution in [-0.4, -0.2) is 46.3 Å². The molecule has 31 heavy (non-hydrogen) atoms. The highest BCUT2D eigenvalue weighted by Gasteiger charge is 2.20. The van der Waals surface area contributed by atoms with E-state index in [0.717, 1.165) is 30.8 Å². The van der Waals surface area contributed by atoms with Crippen LogP contribution in [-0.2, 0) is 0 Å². The summed E-state index contributed by atoms with van der Waals surface area (Å²) in [6.07, 6.45) is 4.80. The zero-order valence-electron chi connectivity index (χ0n) is 17.9. The number of carbonyl (C=O) groups excluding carboxylic acids is 1. The second-order valence-electron chi connectivity index (χ2n) is 8.13. The van der Waals surface area contributed by atoms with Crippen LogP contribution in [0.15, 0.2) is 60.7 Å². The second kappa shape index (κ2) is 10.1. The quantitative estimate of drug-likeness (QED) is 0.518. The second-order valence-corrected chi connectivity index (χ2v) is 8.54. The Bertz CT molecular complexity index is 1020. The molecule has 5 nitrogen and oxygen atoms in total. The first-order valence-corrected chi connectivity index (χ1v) is 11.4. The van der Waals surface area contributed by atoms with E-state index >= 15 is 0 Å². The Balaban J connectivity index is 1.50. The van der Waals surface area contributed by atoms with E-state index in [0.29, 0.717) is 29.0 Å². The van der Waals surface area contributed by atoms with Crippen LogP contribution in [0.25, 0.3) is 16.9 Å². The van der Waals surface area contributed by atoms with Crippen LogP contribution in [0, 0.1) is 0 Å². The number of hydrogen-bond donors (Lipinski definition) is 1. The minimum absolute atomic E-state index is 0.138. The fourth-order valence-corrected chi connectivity index (χ4v) is 4.38. The number of benzene rings is 2. The Hall–Kier alpha value is -2.63. The maximum atomic E-state index is 13.1. The molecule has 3 aromatic rings. The van der Waals surface area contributed by atoms with Crippen molar-refractivity contribution in [2.45, 2.75) is 38.6 Å². The molecule has 1 aliphatic rings. The molecule has 162 valence electrons. The summed E-state index contributed by atoms with van der Waals surface area (Å²) >= 11 is 6.42. The molecule has 0 radical (unpaired) electrons.